The summed E-state index contributed by atoms with van der Waals surface area (Å²) in [5, 5.41) is 0.570. The fourth-order valence-electron chi connectivity index (χ4n) is 2.44. The van der Waals surface area contributed by atoms with E-state index in [0.717, 1.165) is 33.7 Å². The molecule has 1 aliphatic heterocycles. The number of halogens is 2. The molecule has 0 unspecified atom stereocenters. The van der Waals surface area contributed by atoms with Gasteiger partial charge < -0.3 is 14.4 Å². The highest BCUT2D eigenvalue weighted by molar-refractivity contribution is 9.10. The third-order valence-corrected chi connectivity index (χ3v) is 5.10. The molecule has 0 aliphatic carbocycles. The van der Waals surface area contributed by atoms with Crippen molar-refractivity contribution in [1.82, 2.24) is 4.90 Å². The maximum atomic E-state index is 6.37. The number of hydrogen-bond donors (Lipinski definition) is 0. The Kier molecular flexibility index (Phi) is 6.11. The van der Waals surface area contributed by atoms with Crippen LogP contribution in [0.3, 0.4) is 0 Å². The van der Waals surface area contributed by atoms with Gasteiger partial charge in [-0.1, -0.05) is 51.9 Å². The lowest BCUT2D eigenvalue weighted by Crippen LogP contribution is -2.40. The summed E-state index contributed by atoms with van der Waals surface area (Å²) >= 11 is 15.4. The van der Waals surface area contributed by atoms with Gasteiger partial charge in [0.25, 0.3) is 0 Å². The summed E-state index contributed by atoms with van der Waals surface area (Å²) in [7, 11) is 0. The van der Waals surface area contributed by atoms with Crippen LogP contribution in [-0.4, -0.2) is 36.2 Å². The van der Waals surface area contributed by atoms with Gasteiger partial charge in [-0.25, -0.2) is 0 Å². The average Bonchev–Trinajstić information content (AvgIpc) is 2.62. The molecule has 1 saturated heterocycles. The molecule has 3 nitrogen and oxygen atoms in total. The summed E-state index contributed by atoms with van der Waals surface area (Å²) in [6, 6.07) is 13.7. The molecule has 3 rings (SSSR count). The molecule has 0 saturated carbocycles. The highest BCUT2D eigenvalue weighted by Gasteiger charge is 2.16. The van der Waals surface area contributed by atoms with Crippen molar-refractivity contribution in [2.24, 2.45) is 0 Å². The number of benzene rings is 2. The summed E-state index contributed by atoms with van der Waals surface area (Å²) in [6.07, 6.45) is 0. The zero-order chi connectivity index (χ0) is 16.9. The highest BCUT2D eigenvalue weighted by Crippen LogP contribution is 2.27. The Bertz CT molecular complexity index is 717. The first-order valence-corrected chi connectivity index (χ1v) is 9.25. The third-order valence-electron chi connectivity index (χ3n) is 3.78. The van der Waals surface area contributed by atoms with E-state index in [1.165, 1.54) is 0 Å². The molecule has 1 aliphatic rings. The summed E-state index contributed by atoms with van der Waals surface area (Å²) < 4.78 is 12.2. The molecule has 1 heterocycles. The predicted molar refractivity (Wildman–Crippen MR) is 104 cm³/mol. The normalized spacial score (nSPS) is 14.5. The Morgan fingerprint density at radius 3 is 2.54 bits per heavy atom. The van der Waals surface area contributed by atoms with Crippen LogP contribution in [0.5, 0.6) is 5.75 Å². The lowest BCUT2D eigenvalue weighted by atomic mass is 10.2. The number of hydrogen-bond acceptors (Lipinski definition) is 3. The summed E-state index contributed by atoms with van der Waals surface area (Å²) in [6.45, 7) is 3.53. The SMILES string of the molecule is S=C(c1ccc(OCc2ccc(Br)cc2)c(Cl)c1)N1CCOCC1. The first-order chi connectivity index (χ1) is 11.6. The average molecular weight is 427 g/mol. The molecule has 6 heteroatoms. The lowest BCUT2D eigenvalue weighted by molar-refractivity contribution is 0.0693. The van der Waals surface area contributed by atoms with Gasteiger partial charge in [0.1, 0.15) is 17.3 Å². The van der Waals surface area contributed by atoms with Crippen molar-refractivity contribution in [3.05, 3.63) is 63.1 Å². The molecule has 0 aromatic heterocycles. The topological polar surface area (TPSA) is 21.7 Å². The van der Waals surface area contributed by atoms with E-state index in [1.54, 1.807) is 0 Å². The largest absolute Gasteiger partial charge is 0.487 e. The van der Waals surface area contributed by atoms with Crippen molar-refractivity contribution in [1.29, 1.82) is 0 Å². The molecule has 0 bridgehead atoms. The zero-order valence-electron chi connectivity index (χ0n) is 13.0. The summed E-state index contributed by atoms with van der Waals surface area (Å²) in [4.78, 5) is 2.95. The van der Waals surface area contributed by atoms with Gasteiger partial charge in [-0.2, -0.15) is 0 Å². The first-order valence-electron chi connectivity index (χ1n) is 7.67. The Hall–Kier alpha value is -1.14. The minimum absolute atomic E-state index is 0.472. The second-order valence-electron chi connectivity index (χ2n) is 5.46. The molecule has 126 valence electrons. The highest BCUT2D eigenvalue weighted by atomic mass is 79.9. The Balaban J connectivity index is 1.65. The van der Waals surface area contributed by atoms with Gasteiger partial charge in [0.05, 0.1) is 18.2 Å². The fraction of sp³-hybridized carbons (Fsp3) is 0.278. The predicted octanol–water partition coefficient (Wildman–Crippen LogP) is 4.69. The smallest absolute Gasteiger partial charge is 0.138 e. The van der Waals surface area contributed by atoms with Crippen LogP contribution in [0.25, 0.3) is 0 Å². The number of nitrogens with zero attached hydrogens (tertiary/aromatic N) is 1. The van der Waals surface area contributed by atoms with E-state index in [2.05, 4.69) is 20.8 Å². The lowest BCUT2D eigenvalue weighted by Gasteiger charge is -2.29. The van der Waals surface area contributed by atoms with Crippen molar-refractivity contribution < 1.29 is 9.47 Å². The molecule has 1 fully saturated rings. The Morgan fingerprint density at radius 2 is 1.88 bits per heavy atom. The van der Waals surface area contributed by atoms with Gasteiger partial charge >= 0.3 is 0 Å². The zero-order valence-corrected chi connectivity index (χ0v) is 16.2. The van der Waals surface area contributed by atoms with Gasteiger partial charge in [0.2, 0.25) is 0 Å². The minimum Gasteiger partial charge on any atom is -0.487 e. The number of ether oxygens (including phenoxy) is 2. The van der Waals surface area contributed by atoms with Gasteiger partial charge in [-0.3, -0.25) is 0 Å². The molecule has 0 spiro atoms. The Morgan fingerprint density at radius 1 is 1.17 bits per heavy atom. The molecule has 2 aromatic carbocycles. The van der Waals surface area contributed by atoms with Gasteiger partial charge in [-0.05, 0) is 35.9 Å². The maximum Gasteiger partial charge on any atom is 0.138 e. The molecule has 0 N–H and O–H groups in total. The van der Waals surface area contributed by atoms with Gasteiger partial charge in [0.15, 0.2) is 0 Å². The molecular weight excluding hydrogens is 410 g/mol. The monoisotopic (exact) mass is 425 g/mol. The number of thiocarbonyl (C=S) groups is 1. The van der Waals surface area contributed by atoms with Crippen LogP contribution in [0, 0.1) is 0 Å². The van der Waals surface area contributed by atoms with Crippen molar-refractivity contribution in [3.8, 4) is 5.75 Å². The van der Waals surface area contributed by atoms with Crippen LogP contribution in [0.15, 0.2) is 46.9 Å². The molecule has 2 aromatic rings. The van der Waals surface area contributed by atoms with Gasteiger partial charge in [0, 0.05) is 23.1 Å². The molecular formula is C18H17BrClNO2S. The number of rotatable bonds is 4. The van der Waals surface area contributed by atoms with E-state index in [-0.39, 0.29) is 0 Å². The van der Waals surface area contributed by atoms with E-state index in [4.69, 9.17) is 33.3 Å². The first kappa shape index (κ1) is 17.7. The van der Waals surface area contributed by atoms with E-state index in [1.807, 2.05) is 42.5 Å². The molecule has 0 atom stereocenters. The van der Waals surface area contributed by atoms with Crippen LogP contribution in [0.2, 0.25) is 5.02 Å². The van der Waals surface area contributed by atoms with Crippen molar-refractivity contribution in [3.63, 3.8) is 0 Å². The van der Waals surface area contributed by atoms with Crippen molar-refractivity contribution in [2.75, 3.05) is 26.3 Å². The number of morpholine rings is 1. The Labute approximate surface area is 160 Å². The molecule has 0 amide bonds. The standard InChI is InChI=1S/C18H17BrClNO2S/c19-15-4-1-13(2-5-15)12-23-17-6-3-14(11-16(17)20)18(24)21-7-9-22-10-8-21/h1-6,11H,7-10,12H2. The second-order valence-corrected chi connectivity index (χ2v) is 7.17. The fourth-order valence-corrected chi connectivity index (χ4v) is 3.25. The van der Waals surface area contributed by atoms with Crippen LogP contribution >= 0.6 is 39.7 Å². The van der Waals surface area contributed by atoms with Crippen LogP contribution in [-0.2, 0) is 11.3 Å². The van der Waals surface area contributed by atoms with E-state index in [0.29, 0.717) is 30.6 Å². The van der Waals surface area contributed by atoms with Crippen LogP contribution < -0.4 is 4.74 Å². The van der Waals surface area contributed by atoms with E-state index >= 15 is 0 Å². The van der Waals surface area contributed by atoms with E-state index < -0.39 is 0 Å². The quantitative estimate of drug-likeness (QED) is 0.661. The van der Waals surface area contributed by atoms with E-state index in [9.17, 15) is 0 Å². The molecule has 24 heavy (non-hydrogen) atoms. The van der Waals surface area contributed by atoms with Crippen molar-refractivity contribution in [2.45, 2.75) is 6.61 Å². The summed E-state index contributed by atoms with van der Waals surface area (Å²) in [5.41, 5.74) is 2.02. The minimum atomic E-state index is 0.472. The summed E-state index contributed by atoms with van der Waals surface area (Å²) in [5.74, 6) is 0.660. The van der Waals surface area contributed by atoms with Crippen LogP contribution in [0.4, 0.5) is 0 Å². The van der Waals surface area contributed by atoms with Gasteiger partial charge in [-0.15, -0.1) is 0 Å². The van der Waals surface area contributed by atoms with Crippen molar-refractivity contribution >= 4 is 44.7 Å². The maximum absolute atomic E-state index is 6.37. The third kappa shape index (κ3) is 4.48. The molecule has 0 radical (unpaired) electrons. The second kappa shape index (κ2) is 8.30. The van der Waals surface area contributed by atoms with Crippen LogP contribution in [0.1, 0.15) is 11.1 Å².